The fourth-order valence-corrected chi connectivity index (χ4v) is 2.61. The lowest BCUT2D eigenvalue weighted by molar-refractivity contribution is 0.0407. The van der Waals surface area contributed by atoms with Crippen LogP contribution in [0, 0.1) is 0 Å². The fourth-order valence-electron chi connectivity index (χ4n) is 2.61. The standard InChI is InChI=1S/C15H32N2O/c1-3-10-16-11-6-4-5-7-12-17-13-8-15(18-2)9-14-17/h15-16H,3-14H2,1-2H3. The lowest BCUT2D eigenvalue weighted by Gasteiger charge is -2.31. The molecule has 18 heavy (non-hydrogen) atoms. The van der Waals surface area contributed by atoms with Gasteiger partial charge in [0.2, 0.25) is 0 Å². The first-order valence-electron chi connectivity index (χ1n) is 7.82. The number of likely N-dealkylation sites (tertiary alicyclic amines) is 1. The van der Waals surface area contributed by atoms with E-state index in [1.807, 2.05) is 7.11 Å². The van der Waals surface area contributed by atoms with Crippen LogP contribution in [0.5, 0.6) is 0 Å². The third kappa shape index (κ3) is 7.34. The van der Waals surface area contributed by atoms with Gasteiger partial charge in [-0.1, -0.05) is 19.8 Å². The Balaban J connectivity index is 1.84. The first kappa shape index (κ1) is 15.9. The summed E-state index contributed by atoms with van der Waals surface area (Å²) in [6.45, 7) is 8.35. The topological polar surface area (TPSA) is 24.5 Å². The van der Waals surface area contributed by atoms with Crippen molar-refractivity contribution in [1.82, 2.24) is 10.2 Å². The van der Waals surface area contributed by atoms with E-state index in [2.05, 4.69) is 17.1 Å². The highest BCUT2D eigenvalue weighted by Crippen LogP contribution is 2.13. The van der Waals surface area contributed by atoms with Gasteiger partial charge in [-0.05, 0) is 51.7 Å². The number of unbranched alkanes of at least 4 members (excludes halogenated alkanes) is 3. The molecule has 0 aliphatic carbocycles. The van der Waals surface area contributed by atoms with E-state index in [4.69, 9.17) is 4.74 Å². The van der Waals surface area contributed by atoms with Crippen LogP contribution in [0.2, 0.25) is 0 Å². The molecular formula is C15H32N2O. The number of piperidine rings is 1. The maximum Gasteiger partial charge on any atom is 0.0595 e. The molecule has 0 amide bonds. The maximum atomic E-state index is 5.40. The van der Waals surface area contributed by atoms with Crippen LogP contribution in [0.15, 0.2) is 0 Å². The minimum absolute atomic E-state index is 0.519. The van der Waals surface area contributed by atoms with Gasteiger partial charge in [0.1, 0.15) is 0 Å². The minimum atomic E-state index is 0.519. The van der Waals surface area contributed by atoms with Crippen LogP contribution in [-0.4, -0.2) is 50.8 Å². The molecule has 0 aromatic rings. The number of ether oxygens (including phenoxy) is 1. The van der Waals surface area contributed by atoms with Gasteiger partial charge in [-0.25, -0.2) is 0 Å². The molecule has 1 fully saturated rings. The molecular weight excluding hydrogens is 224 g/mol. The van der Waals surface area contributed by atoms with E-state index in [0.717, 1.165) is 0 Å². The summed E-state index contributed by atoms with van der Waals surface area (Å²) in [5, 5.41) is 3.46. The molecule has 3 nitrogen and oxygen atoms in total. The van der Waals surface area contributed by atoms with Gasteiger partial charge in [0.25, 0.3) is 0 Å². The molecule has 1 rings (SSSR count). The molecule has 0 aromatic heterocycles. The Morgan fingerprint density at radius 2 is 1.78 bits per heavy atom. The molecule has 0 atom stereocenters. The van der Waals surface area contributed by atoms with Crippen molar-refractivity contribution in [2.75, 3.05) is 39.8 Å². The summed E-state index contributed by atoms with van der Waals surface area (Å²) >= 11 is 0. The number of nitrogens with zero attached hydrogens (tertiary/aromatic N) is 1. The Hall–Kier alpha value is -0.120. The molecule has 1 aliphatic rings. The summed E-state index contributed by atoms with van der Waals surface area (Å²) in [7, 11) is 1.84. The van der Waals surface area contributed by atoms with Crippen molar-refractivity contribution in [2.24, 2.45) is 0 Å². The van der Waals surface area contributed by atoms with Crippen LogP contribution in [-0.2, 0) is 4.74 Å². The molecule has 0 radical (unpaired) electrons. The smallest absolute Gasteiger partial charge is 0.0595 e. The number of nitrogens with one attached hydrogen (secondary N) is 1. The molecule has 1 heterocycles. The van der Waals surface area contributed by atoms with Gasteiger partial charge in [-0.3, -0.25) is 0 Å². The van der Waals surface area contributed by atoms with Gasteiger partial charge in [-0.15, -0.1) is 0 Å². The SMILES string of the molecule is CCCNCCCCCCN1CCC(OC)CC1. The van der Waals surface area contributed by atoms with Crippen molar-refractivity contribution < 1.29 is 4.74 Å². The quantitative estimate of drug-likeness (QED) is 0.608. The zero-order chi connectivity index (χ0) is 13.1. The summed E-state index contributed by atoms with van der Waals surface area (Å²) < 4.78 is 5.40. The Kier molecular flexibility index (Phi) is 9.54. The van der Waals surface area contributed by atoms with E-state index in [1.54, 1.807) is 0 Å². The van der Waals surface area contributed by atoms with E-state index in [0.29, 0.717) is 6.10 Å². The van der Waals surface area contributed by atoms with E-state index >= 15 is 0 Å². The van der Waals surface area contributed by atoms with Crippen molar-refractivity contribution in [2.45, 2.75) is 58.0 Å². The lowest BCUT2D eigenvalue weighted by atomic mass is 10.1. The van der Waals surface area contributed by atoms with Crippen LogP contribution in [0.4, 0.5) is 0 Å². The highest BCUT2D eigenvalue weighted by Gasteiger charge is 2.17. The maximum absolute atomic E-state index is 5.40. The number of methoxy groups -OCH3 is 1. The molecule has 3 heteroatoms. The highest BCUT2D eigenvalue weighted by molar-refractivity contribution is 4.71. The van der Waals surface area contributed by atoms with Crippen molar-refractivity contribution >= 4 is 0 Å². The Morgan fingerprint density at radius 3 is 2.44 bits per heavy atom. The first-order chi connectivity index (χ1) is 8.86. The largest absolute Gasteiger partial charge is 0.381 e. The van der Waals surface area contributed by atoms with E-state index in [-0.39, 0.29) is 0 Å². The summed E-state index contributed by atoms with van der Waals surface area (Å²) in [5.74, 6) is 0. The summed E-state index contributed by atoms with van der Waals surface area (Å²) in [4.78, 5) is 2.60. The van der Waals surface area contributed by atoms with Gasteiger partial charge in [0.05, 0.1) is 6.10 Å². The predicted molar refractivity (Wildman–Crippen MR) is 78.1 cm³/mol. The fraction of sp³-hybridized carbons (Fsp3) is 1.00. The van der Waals surface area contributed by atoms with Gasteiger partial charge < -0.3 is 15.0 Å². The Labute approximate surface area is 113 Å². The zero-order valence-corrected chi connectivity index (χ0v) is 12.4. The molecule has 0 unspecified atom stereocenters. The molecule has 1 saturated heterocycles. The second-order valence-electron chi connectivity index (χ2n) is 5.44. The molecule has 1 aliphatic heterocycles. The average molecular weight is 256 g/mol. The molecule has 0 aromatic carbocycles. The Bertz CT molecular complexity index is 179. The van der Waals surface area contributed by atoms with Gasteiger partial charge >= 0.3 is 0 Å². The van der Waals surface area contributed by atoms with E-state index in [9.17, 15) is 0 Å². The van der Waals surface area contributed by atoms with Gasteiger partial charge in [0.15, 0.2) is 0 Å². The lowest BCUT2D eigenvalue weighted by Crippen LogP contribution is -2.37. The van der Waals surface area contributed by atoms with Gasteiger partial charge in [0, 0.05) is 20.2 Å². The second kappa shape index (κ2) is 10.8. The molecule has 1 N–H and O–H groups in total. The summed E-state index contributed by atoms with van der Waals surface area (Å²) in [6.07, 6.45) is 9.68. The van der Waals surface area contributed by atoms with Crippen molar-refractivity contribution in [3.8, 4) is 0 Å². The van der Waals surface area contributed by atoms with Crippen LogP contribution in [0.25, 0.3) is 0 Å². The molecule has 108 valence electrons. The zero-order valence-electron chi connectivity index (χ0n) is 12.4. The summed E-state index contributed by atoms with van der Waals surface area (Å²) in [6, 6.07) is 0. The number of hydrogen-bond acceptors (Lipinski definition) is 3. The van der Waals surface area contributed by atoms with Crippen LogP contribution in [0.3, 0.4) is 0 Å². The highest BCUT2D eigenvalue weighted by atomic mass is 16.5. The van der Waals surface area contributed by atoms with E-state index < -0.39 is 0 Å². The van der Waals surface area contributed by atoms with Crippen molar-refractivity contribution in [3.63, 3.8) is 0 Å². The van der Waals surface area contributed by atoms with Crippen LogP contribution < -0.4 is 5.32 Å². The van der Waals surface area contributed by atoms with Crippen LogP contribution >= 0.6 is 0 Å². The van der Waals surface area contributed by atoms with Crippen molar-refractivity contribution in [1.29, 1.82) is 0 Å². The van der Waals surface area contributed by atoms with Crippen molar-refractivity contribution in [3.05, 3.63) is 0 Å². The monoisotopic (exact) mass is 256 g/mol. The molecule has 0 spiro atoms. The molecule has 0 bridgehead atoms. The third-order valence-corrected chi connectivity index (χ3v) is 3.87. The minimum Gasteiger partial charge on any atom is -0.381 e. The average Bonchev–Trinajstić information content (AvgIpc) is 2.42. The predicted octanol–water partition coefficient (Wildman–Crippen LogP) is 2.66. The first-order valence-corrected chi connectivity index (χ1v) is 7.82. The second-order valence-corrected chi connectivity index (χ2v) is 5.44. The number of hydrogen-bond donors (Lipinski definition) is 1. The third-order valence-electron chi connectivity index (χ3n) is 3.87. The van der Waals surface area contributed by atoms with Crippen LogP contribution in [0.1, 0.15) is 51.9 Å². The normalized spacial score (nSPS) is 18.3. The van der Waals surface area contributed by atoms with E-state index in [1.165, 1.54) is 77.7 Å². The molecule has 0 saturated carbocycles. The summed E-state index contributed by atoms with van der Waals surface area (Å²) in [5.41, 5.74) is 0. The van der Waals surface area contributed by atoms with Gasteiger partial charge in [-0.2, -0.15) is 0 Å². The number of rotatable bonds is 10. The Morgan fingerprint density at radius 1 is 1.06 bits per heavy atom.